The Morgan fingerprint density at radius 2 is 2.09 bits per heavy atom. The fourth-order valence-electron chi connectivity index (χ4n) is 2.26. The lowest BCUT2D eigenvalue weighted by atomic mass is 10.0. The average Bonchev–Trinajstić information content (AvgIpc) is 3.08. The number of benzene rings is 1. The molecule has 0 amide bonds. The Kier molecular flexibility index (Phi) is 3.77. The summed E-state index contributed by atoms with van der Waals surface area (Å²) in [5.41, 5.74) is 2.75. The molecule has 108 valence electrons. The number of hydrogen-bond donors (Lipinski definition) is 1. The number of ether oxygens (including phenoxy) is 1. The molecule has 2 aromatic heterocycles. The van der Waals surface area contributed by atoms with Crippen LogP contribution < -0.4 is 10.3 Å². The predicted octanol–water partition coefficient (Wildman–Crippen LogP) is 3.65. The van der Waals surface area contributed by atoms with Crippen LogP contribution in [-0.2, 0) is 0 Å². The lowest BCUT2D eigenvalue weighted by Crippen LogP contribution is -2.12. The van der Waals surface area contributed by atoms with Gasteiger partial charge < -0.3 is 9.72 Å². The lowest BCUT2D eigenvalue weighted by molar-refractivity contribution is 0.415. The van der Waals surface area contributed by atoms with E-state index >= 15 is 0 Å². The summed E-state index contributed by atoms with van der Waals surface area (Å²) in [6.07, 6.45) is 0. The van der Waals surface area contributed by atoms with Gasteiger partial charge in [-0.2, -0.15) is 16.6 Å². The normalized spacial score (nSPS) is 10.2. The number of nitrogens with zero attached hydrogens (tertiary/aromatic N) is 1. The molecule has 0 aliphatic rings. The zero-order chi connectivity index (χ0) is 15.5. The van der Waals surface area contributed by atoms with E-state index in [-0.39, 0.29) is 11.1 Å². The molecule has 0 unspecified atom stereocenters. The van der Waals surface area contributed by atoms with Gasteiger partial charge in [0, 0.05) is 16.8 Å². The number of rotatable bonds is 3. The highest BCUT2D eigenvalue weighted by molar-refractivity contribution is 7.08. The predicted molar refractivity (Wildman–Crippen MR) is 87.1 cm³/mol. The van der Waals surface area contributed by atoms with Gasteiger partial charge in [-0.1, -0.05) is 12.1 Å². The maximum atomic E-state index is 12.2. The number of thiophene rings is 1. The molecule has 1 N–H and O–H groups in total. The zero-order valence-corrected chi connectivity index (χ0v) is 12.6. The second kappa shape index (κ2) is 5.88. The molecular weight excluding hydrogens is 296 g/mol. The summed E-state index contributed by atoms with van der Waals surface area (Å²) in [5, 5.41) is 13.1. The summed E-state index contributed by atoms with van der Waals surface area (Å²) in [6, 6.07) is 13.1. The van der Waals surface area contributed by atoms with Crippen molar-refractivity contribution >= 4 is 11.3 Å². The van der Waals surface area contributed by atoms with Crippen LogP contribution in [0.5, 0.6) is 5.75 Å². The quantitative estimate of drug-likeness (QED) is 0.803. The van der Waals surface area contributed by atoms with Crippen molar-refractivity contribution in [2.45, 2.75) is 0 Å². The van der Waals surface area contributed by atoms with E-state index in [0.29, 0.717) is 17.0 Å². The van der Waals surface area contributed by atoms with Crippen LogP contribution in [0.3, 0.4) is 0 Å². The molecule has 0 aliphatic carbocycles. The van der Waals surface area contributed by atoms with Crippen LogP contribution in [0.1, 0.15) is 5.56 Å². The van der Waals surface area contributed by atoms with Gasteiger partial charge in [-0.3, -0.25) is 4.79 Å². The molecule has 0 saturated carbocycles. The minimum absolute atomic E-state index is 0.130. The van der Waals surface area contributed by atoms with Gasteiger partial charge in [0.1, 0.15) is 17.4 Å². The number of aromatic nitrogens is 1. The average molecular weight is 308 g/mol. The number of H-pyrrole nitrogens is 1. The van der Waals surface area contributed by atoms with Crippen LogP contribution in [0.25, 0.3) is 22.4 Å². The van der Waals surface area contributed by atoms with Gasteiger partial charge in [-0.15, -0.1) is 0 Å². The molecular formula is C17H12N2O2S. The topological polar surface area (TPSA) is 65.9 Å². The Bertz CT molecular complexity index is 905. The number of aromatic amines is 1. The van der Waals surface area contributed by atoms with Gasteiger partial charge in [0.25, 0.3) is 5.56 Å². The summed E-state index contributed by atoms with van der Waals surface area (Å²) in [6.45, 7) is 0. The smallest absolute Gasteiger partial charge is 0.266 e. The third-order valence-electron chi connectivity index (χ3n) is 3.36. The van der Waals surface area contributed by atoms with Crippen LogP contribution in [-0.4, -0.2) is 12.1 Å². The van der Waals surface area contributed by atoms with Crippen molar-refractivity contribution in [3.63, 3.8) is 0 Å². The van der Waals surface area contributed by atoms with Crippen LogP contribution >= 0.6 is 11.3 Å². The summed E-state index contributed by atoms with van der Waals surface area (Å²) in [4.78, 5) is 15.0. The zero-order valence-electron chi connectivity index (χ0n) is 11.8. The van der Waals surface area contributed by atoms with Gasteiger partial charge in [-0.25, -0.2) is 0 Å². The molecule has 3 aromatic rings. The first-order chi connectivity index (χ1) is 10.7. The first-order valence-corrected chi connectivity index (χ1v) is 7.51. The van der Waals surface area contributed by atoms with E-state index in [1.54, 1.807) is 7.11 Å². The summed E-state index contributed by atoms with van der Waals surface area (Å²) < 4.78 is 5.21. The second-order valence-electron chi connectivity index (χ2n) is 4.66. The van der Waals surface area contributed by atoms with E-state index in [1.807, 2.05) is 53.2 Å². The van der Waals surface area contributed by atoms with E-state index < -0.39 is 0 Å². The summed E-state index contributed by atoms with van der Waals surface area (Å²) in [5.74, 6) is 0.708. The minimum Gasteiger partial charge on any atom is -0.497 e. The Morgan fingerprint density at radius 1 is 1.23 bits per heavy atom. The van der Waals surface area contributed by atoms with Crippen molar-refractivity contribution in [1.82, 2.24) is 4.98 Å². The molecule has 5 heteroatoms. The molecule has 22 heavy (non-hydrogen) atoms. The van der Waals surface area contributed by atoms with Crippen molar-refractivity contribution in [2.24, 2.45) is 0 Å². The molecule has 1 aromatic carbocycles. The number of nitriles is 1. The Hall–Kier alpha value is -2.84. The number of methoxy groups -OCH3 is 1. The highest BCUT2D eigenvalue weighted by Crippen LogP contribution is 2.28. The van der Waals surface area contributed by atoms with Crippen LogP contribution in [0.15, 0.2) is 52.0 Å². The van der Waals surface area contributed by atoms with Gasteiger partial charge in [-0.05, 0) is 40.6 Å². The fraction of sp³-hybridized carbons (Fsp3) is 0.0588. The molecule has 0 saturated heterocycles. The molecule has 0 spiro atoms. The summed E-state index contributed by atoms with van der Waals surface area (Å²) >= 11 is 1.53. The van der Waals surface area contributed by atoms with Crippen molar-refractivity contribution < 1.29 is 4.74 Å². The second-order valence-corrected chi connectivity index (χ2v) is 5.44. The molecule has 0 radical (unpaired) electrons. The standard InChI is InChI=1S/C17H12N2O2S/c1-21-13-4-2-3-11(7-13)16-8-14(12-5-6-22-10-12)15(9-18)17(20)19-16/h2-8,10H,1H3,(H,19,20). The Balaban J connectivity index is 2.22. The van der Waals surface area contributed by atoms with Crippen molar-refractivity contribution in [3.8, 4) is 34.2 Å². The number of pyridine rings is 1. The van der Waals surface area contributed by atoms with Crippen LogP contribution in [0.2, 0.25) is 0 Å². The van der Waals surface area contributed by atoms with E-state index in [2.05, 4.69) is 4.98 Å². The first kappa shape index (κ1) is 14.1. The SMILES string of the molecule is COc1cccc(-c2cc(-c3ccsc3)c(C#N)c(=O)[nH]2)c1. The van der Waals surface area contributed by atoms with Gasteiger partial charge in [0.2, 0.25) is 0 Å². The molecule has 2 heterocycles. The van der Waals surface area contributed by atoms with E-state index in [0.717, 1.165) is 11.1 Å². The highest BCUT2D eigenvalue weighted by Gasteiger charge is 2.13. The Labute approximate surface area is 131 Å². The van der Waals surface area contributed by atoms with Crippen molar-refractivity contribution in [1.29, 1.82) is 5.26 Å². The van der Waals surface area contributed by atoms with Gasteiger partial charge in [0.15, 0.2) is 0 Å². The lowest BCUT2D eigenvalue weighted by Gasteiger charge is -2.08. The monoisotopic (exact) mass is 308 g/mol. The largest absolute Gasteiger partial charge is 0.497 e. The molecule has 4 nitrogen and oxygen atoms in total. The number of hydrogen-bond acceptors (Lipinski definition) is 4. The molecule has 0 bridgehead atoms. The first-order valence-electron chi connectivity index (χ1n) is 6.57. The molecule has 3 rings (SSSR count). The van der Waals surface area contributed by atoms with E-state index in [1.165, 1.54) is 11.3 Å². The molecule has 0 atom stereocenters. The van der Waals surface area contributed by atoms with Crippen LogP contribution in [0.4, 0.5) is 0 Å². The van der Waals surface area contributed by atoms with Crippen molar-refractivity contribution in [3.05, 3.63) is 63.1 Å². The molecule has 0 aliphatic heterocycles. The minimum atomic E-state index is -0.385. The Morgan fingerprint density at radius 3 is 2.77 bits per heavy atom. The third kappa shape index (κ3) is 2.52. The number of nitrogens with one attached hydrogen (secondary N) is 1. The van der Waals surface area contributed by atoms with Crippen LogP contribution in [0, 0.1) is 11.3 Å². The maximum Gasteiger partial charge on any atom is 0.266 e. The highest BCUT2D eigenvalue weighted by atomic mass is 32.1. The maximum absolute atomic E-state index is 12.2. The van der Waals surface area contributed by atoms with E-state index in [9.17, 15) is 10.1 Å². The van der Waals surface area contributed by atoms with Gasteiger partial charge >= 0.3 is 0 Å². The van der Waals surface area contributed by atoms with Gasteiger partial charge in [0.05, 0.1) is 7.11 Å². The third-order valence-corrected chi connectivity index (χ3v) is 4.04. The van der Waals surface area contributed by atoms with Crippen molar-refractivity contribution in [2.75, 3.05) is 7.11 Å². The summed E-state index contributed by atoms with van der Waals surface area (Å²) in [7, 11) is 1.59. The van der Waals surface area contributed by atoms with E-state index in [4.69, 9.17) is 4.74 Å². The molecule has 0 fully saturated rings. The fourth-order valence-corrected chi connectivity index (χ4v) is 2.92.